The van der Waals surface area contributed by atoms with Gasteiger partial charge in [-0.3, -0.25) is 0 Å². The molecule has 1 rings (SSSR count). The monoisotopic (exact) mass is 286 g/mol. The molecule has 0 aromatic carbocycles. The molecule has 90 valence electrons. The second kappa shape index (κ2) is 5.48. The Balaban J connectivity index is 2.59. The van der Waals surface area contributed by atoms with Gasteiger partial charge in [0.1, 0.15) is 5.82 Å². The Kier molecular flexibility index (Phi) is 4.53. The predicted molar refractivity (Wildman–Crippen MR) is 71.8 cm³/mol. The molecule has 0 saturated carbocycles. The smallest absolute Gasteiger partial charge is 0.224 e. The van der Waals surface area contributed by atoms with Gasteiger partial charge in [-0.05, 0) is 27.8 Å². The lowest BCUT2D eigenvalue weighted by atomic mass is 9.92. The standard InChI is InChI=1S/C11H19BrN4/c1-11(2,3)5-6-14-9-8(12)7-15-10(13-4)16-9/h7H,5-6H2,1-4H3,(H2,13,14,15,16). The molecule has 1 aromatic heterocycles. The molecule has 16 heavy (non-hydrogen) atoms. The van der Waals surface area contributed by atoms with E-state index in [0.29, 0.717) is 11.4 Å². The lowest BCUT2D eigenvalue weighted by Crippen LogP contribution is -2.14. The molecular formula is C11H19BrN4. The lowest BCUT2D eigenvalue weighted by Gasteiger charge is -2.18. The molecule has 0 amide bonds. The van der Waals surface area contributed by atoms with Crippen LogP contribution in [0.5, 0.6) is 0 Å². The molecule has 0 unspecified atom stereocenters. The first-order chi connectivity index (χ1) is 7.42. The number of hydrogen-bond donors (Lipinski definition) is 2. The van der Waals surface area contributed by atoms with Crippen molar-refractivity contribution < 1.29 is 0 Å². The van der Waals surface area contributed by atoms with Crippen molar-refractivity contribution >= 4 is 27.7 Å². The third-order valence-electron chi connectivity index (χ3n) is 2.14. The summed E-state index contributed by atoms with van der Waals surface area (Å²) in [5, 5.41) is 6.22. The average Bonchev–Trinajstić information content (AvgIpc) is 2.19. The highest BCUT2D eigenvalue weighted by atomic mass is 79.9. The largest absolute Gasteiger partial charge is 0.369 e. The van der Waals surface area contributed by atoms with E-state index in [-0.39, 0.29) is 0 Å². The SMILES string of the molecule is CNc1ncc(Br)c(NCCC(C)(C)C)n1. The van der Waals surface area contributed by atoms with Crippen molar-refractivity contribution in [2.45, 2.75) is 27.2 Å². The highest BCUT2D eigenvalue weighted by Gasteiger charge is 2.10. The summed E-state index contributed by atoms with van der Waals surface area (Å²) in [5.41, 5.74) is 0.332. The van der Waals surface area contributed by atoms with Gasteiger partial charge in [-0.1, -0.05) is 20.8 Å². The van der Waals surface area contributed by atoms with E-state index in [1.54, 1.807) is 6.20 Å². The summed E-state index contributed by atoms with van der Waals surface area (Å²) in [6.07, 6.45) is 2.84. The molecule has 0 radical (unpaired) electrons. The predicted octanol–water partition coefficient (Wildman–Crippen LogP) is 3.13. The quantitative estimate of drug-likeness (QED) is 0.893. The number of hydrogen-bond acceptors (Lipinski definition) is 4. The Bertz CT molecular complexity index is 346. The first kappa shape index (κ1) is 13.2. The number of aromatic nitrogens is 2. The van der Waals surface area contributed by atoms with Gasteiger partial charge in [0.25, 0.3) is 0 Å². The summed E-state index contributed by atoms with van der Waals surface area (Å²) in [6.45, 7) is 7.58. The van der Waals surface area contributed by atoms with Gasteiger partial charge in [-0.25, -0.2) is 4.98 Å². The molecule has 0 atom stereocenters. The minimum atomic E-state index is 0.332. The van der Waals surface area contributed by atoms with Crippen LogP contribution in [-0.2, 0) is 0 Å². The van der Waals surface area contributed by atoms with E-state index >= 15 is 0 Å². The molecule has 0 aliphatic rings. The Hall–Kier alpha value is -0.840. The van der Waals surface area contributed by atoms with Crippen LogP contribution < -0.4 is 10.6 Å². The number of nitrogens with one attached hydrogen (secondary N) is 2. The molecule has 0 spiro atoms. The average molecular weight is 287 g/mol. The summed E-state index contributed by atoms with van der Waals surface area (Å²) in [4.78, 5) is 8.44. The van der Waals surface area contributed by atoms with Crippen LogP contribution in [0.2, 0.25) is 0 Å². The molecule has 0 fully saturated rings. The Morgan fingerprint density at radius 1 is 1.38 bits per heavy atom. The topological polar surface area (TPSA) is 49.8 Å². The minimum absolute atomic E-state index is 0.332. The molecule has 0 saturated heterocycles. The molecule has 5 heteroatoms. The van der Waals surface area contributed by atoms with Crippen LogP contribution in [-0.4, -0.2) is 23.6 Å². The van der Waals surface area contributed by atoms with Gasteiger partial charge >= 0.3 is 0 Å². The van der Waals surface area contributed by atoms with E-state index in [9.17, 15) is 0 Å². The summed E-state index contributed by atoms with van der Waals surface area (Å²) in [6, 6.07) is 0. The van der Waals surface area contributed by atoms with E-state index < -0.39 is 0 Å². The highest BCUT2D eigenvalue weighted by Crippen LogP contribution is 2.22. The second-order valence-corrected chi connectivity index (χ2v) is 5.73. The normalized spacial score (nSPS) is 11.3. The number of rotatable bonds is 4. The van der Waals surface area contributed by atoms with Crippen LogP contribution in [0.1, 0.15) is 27.2 Å². The van der Waals surface area contributed by atoms with E-state index in [1.165, 1.54) is 0 Å². The van der Waals surface area contributed by atoms with Crippen molar-refractivity contribution in [2.75, 3.05) is 24.2 Å². The molecule has 2 N–H and O–H groups in total. The van der Waals surface area contributed by atoms with Crippen LogP contribution >= 0.6 is 15.9 Å². The second-order valence-electron chi connectivity index (χ2n) is 4.88. The summed E-state index contributed by atoms with van der Waals surface area (Å²) in [5.74, 6) is 1.46. The molecule has 0 bridgehead atoms. The van der Waals surface area contributed by atoms with Gasteiger partial charge in [0.2, 0.25) is 5.95 Å². The van der Waals surface area contributed by atoms with Crippen LogP contribution in [0.15, 0.2) is 10.7 Å². The van der Waals surface area contributed by atoms with Crippen molar-refractivity contribution in [3.8, 4) is 0 Å². The third-order valence-corrected chi connectivity index (χ3v) is 2.72. The van der Waals surface area contributed by atoms with Gasteiger partial charge < -0.3 is 10.6 Å². The summed E-state index contributed by atoms with van der Waals surface area (Å²) >= 11 is 3.42. The van der Waals surface area contributed by atoms with Crippen molar-refractivity contribution in [3.63, 3.8) is 0 Å². The molecule has 1 heterocycles. The zero-order chi connectivity index (χ0) is 12.2. The van der Waals surface area contributed by atoms with Crippen LogP contribution in [0.3, 0.4) is 0 Å². The summed E-state index contributed by atoms with van der Waals surface area (Å²) in [7, 11) is 1.81. The molecule has 4 nitrogen and oxygen atoms in total. The van der Waals surface area contributed by atoms with Crippen molar-refractivity contribution in [1.82, 2.24) is 9.97 Å². The fourth-order valence-corrected chi connectivity index (χ4v) is 1.50. The molecule has 1 aromatic rings. The number of halogens is 1. The van der Waals surface area contributed by atoms with Crippen molar-refractivity contribution in [1.29, 1.82) is 0 Å². The van der Waals surface area contributed by atoms with Crippen LogP contribution in [0.4, 0.5) is 11.8 Å². The van der Waals surface area contributed by atoms with E-state index in [2.05, 4.69) is 57.3 Å². The van der Waals surface area contributed by atoms with Gasteiger partial charge in [0.15, 0.2) is 0 Å². The van der Waals surface area contributed by atoms with E-state index in [4.69, 9.17) is 0 Å². The highest BCUT2D eigenvalue weighted by molar-refractivity contribution is 9.10. The fourth-order valence-electron chi connectivity index (χ4n) is 1.17. The van der Waals surface area contributed by atoms with E-state index in [0.717, 1.165) is 23.3 Å². The Morgan fingerprint density at radius 3 is 2.62 bits per heavy atom. The maximum Gasteiger partial charge on any atom is 0.224 e. The first-order valence-corrected chi connectivity index (χ1v) is 6.16. The molecule has 0 aliphatic carbocycles. The minimum Gasteiger partial charge on any atom is -0.369 e. The Morgan fingerprint density at radius 2 is 2.06 bits per heavy atom. The number of nitrogens with zero attached hydrogens (tertiary/aromatic N) is 2. The lowest BCUT2D eigenvalue weighted by molar-refractivity contribution is 0.389. The fraction of sp³-hybridized carbons (Fsp3) is 0.636. The maximum absolute atomic E-state index is 4.33. The van der Waals surface area contributed by atoms with Gasteiger partial charge in [-0.15, -0.1) is 0 Å². The van der Waals surface area contributed by atoms with Crippen LogP contribution in [0.25, 0.3) is 0 Å². The van der Waals surface area contributed by atoms with Gasteiger partial charge in [0, 0.05) is 19.8 Å². The third kappa shape index (κ3) is 4.35. The molecule has 0 aliphatic heterocycles. The van der Waals surface area contributed by atoms with Crippen molar-refractivity contribution in [2.24, 2.45) is 5.41 Å². The molecular weight excluding hydrogens is 268 g/mol. The maximum atomic E-state index is 4.33. The van der Waals surface area contributed by atoms with Crippen LogP contribution in [0, 0.1) is 5.41 Å². The zero-order valence-electron chi connectivity index (χ0n) is 10.3. The van der Waals surface area contributed by atoms with Gasteiger partial charge in [-0.2, -0.15) is 4.98 Å². The van der Waals surface area contributed by atoms with Crippen molar-refractivity contribution in [3.05, 3.63) is 10.7 Å². The first-order valence-electron chi connectivity index (χ1n) is 5.36. The van der Waals surface area contributed by atoms with E-state index in [1.807, 2.05) is 7.05 Å². The zero-order valence-corrected chi connectivity index (χ0v) is 11.8. The Labute approximate surface area is 105 Å². The van der Waals surface area contributed by atoms with Gasteiger partial charge in [0.05, 0.1) is 4.47 Å². The summed E-state index contributed by atoms with van der Waals surface area (Å²) < 4.78 is 0.889. The number of anilines is 2.